The third-order valence-electron chi connectivity index (χ3n) is 4.52. The van der Waals surface area contributed by atoms with Gasteiger partial charge in [-0.2, -0.15) is 0 Å². The highest BCUT2D eigenvalue weighted by Gasteiger charge is 2.13. The number of amides is 1. The molecule has 1 aromatic heterocycles. The van der Waals surface area contributed by atoms with Gasteiger partial charge in [0.25, 0.3) is 0 Å². The molecule has 0 unspecified atom stereocenters. The summed E-state index contributed by atoms with van der Waals surface area (Å²) in [6.45, 7) is 2.48. The highest BCUT2D eigenvalue weighted by atomic mass is 32.1. The van der Waals surface area contributed by atoms with Gasteiger partial charge >= 0.3 is 0 Å². The molecular weight excluding hydrogens is 387 g/mol. The molecule has 1 amide bonds. The fourth-order valence-electron chi connectivity index (χ4n) is 3.01. The van der Waals surface area contributed by atoms with E-state index in [1.165, 1.54) is 11.3 Å². The number of carbonyl (C=O) groups is 1. The van der Waals surface area contributed by atoms with Crippen LogP contribution < -0.4 is 10.1 Å². The molecule has 0 aliphatic carbocycles. The number of fused-ring (bicyclic) bond motifs is 1. The van der Waals surface area contributed by atoms with E-state index in [9.17, 15) is 9.18 Å². The molecule has 3 rings (SSSR count). The van der Waals surface area contributed by atoms with Crippen molar-refractivity contribution in [3.63, 3.8) is 0 Å². The Balaban J connectivity index is 1.52. The van der Waals surface area contributed by atoms with Crippen LogP contribution in [-0.4, -0.2) is 17.5 Å². The summed E-state index contributed by atoms with van der Waals surface area (Å²) in [5.41, 5.74) is 3.66. The monoisotopic (exact) mass is 412 g/mol. The number of nitrogens with zero attached hydrogens (tertiary/aromatic N) is 1. The maximum absolute atomic E-state index is 14.7. The Morgan fingerprint density at radius 2 is 2.14 bits per heavy atom. The smallest absolute Gasteiger partial charge is 0.228 e. The molecule has 2 aromatic carbocycles. The molecule has 29 heavy (non-hydrogen) atoms. The molecule has 4 nitrogen and oxygen atoms in total. The van der Waals surface area contributed by atoms with Gasteiger partial charge in [0.15, 0.2) is 11.6 Å². The maximum atomic E-state index is 14.7. The van der Waals surface area contributed by atoms with Gasteiger partial charge in [-0.15, -0.1) is 11.3 Å². The first-order chi connectivity index (χ1) is 14.2. The number of allylic oxidation sites excluding steroid dienone is 2. The Kier molecular flexibility index (Phi) is 7.76. The number of anilines is 1. The molecule has 0 fully saturated rings. The van der Waals surface area contributed by atoms with E-state index >= 15 is 0 Å². The fourth-order valence-corrected chi connectivity index (χ4v) is 3.72. The Bertz CT molecular complexity index is 984. The number of ether oxygens (including phenoxy) is 1. The Hall–Kier alpha value is -2.73. The molecule has 0 atom stereocenters. The van der Waals surface area contributed by atoms with E-state index in [2.05, 4.69) is 16.4 Å². The van der Waals surface area contributed by atoms with Crippen LogP contribution in [0.4, 0.5) is 10.1 Å². The van der Waals surface area contributed by atoms with Crippen LogP contribution in [-0.2, 0) is 11.2 Å². The van der Waals surface area contributed by atoms with Crippen molar-refractivity contribution in [3.8, 4) is 5.75 Å². The summed E-state index contributed by atoms with van der Waals surface area (Å²) in [6.07, 6.45) is 8.22. The molecule has 0 radical (unpaired) electrons. The van der Waals surface area contributed by atoms with Crippen LogP contribution in [0.5, 0.6) is 5.75 Å². The minimum Gasteiger partial charge on any atom is -0.491 e. The van der Waals surface area contributed by atoms with Gasteiger partial charge in [-0.05, 0) is 56.9 Å². The first kappa shape index (κ1) is 21.0. The van der Waals surface area contributed by atoms with Gasteiger partial charge in [0, 0.05) is 11.3 Å². The van der Waals surface area contributed by atoms with Gasteiger partial charge in [-0.3, -0.25) is 4.79 Å². The topological polar surface area (TPSA) is 51.2 Å². The van der Waals surface area contributed by atoms with E-state index in [1.54, 1.807) is 29.8 Å². The van der Waals surface area contributed by atoms with Gasteiger partial charge < -0.3 is 10.1 Å². The van der Waals surface area contributed by atoms with E-state index in [1.807, 2.05) is 25.1 Å². The van der Waals surface area contributed by atoms with E-state index < -0.39 is 5.82 Å². The Morgan fingerprint density at radius 3 is 3.00 bits per heavy atom. The number of rotatable bonds is 10. The van der Waals surface area contributed by atoms with Crippen molar-refractivity contribution in [2.24, 2.45) is 0 Å². The molecule has 6 heteroatoms. The lowest BCUT2D eigenvalue weighted by atomic mass is 10.1. The maximum Gasteiger partial charge on any atom is 0.228 e. The molecule has 0 spiro atoms. The molecular formula is C23H25FN2O2S. The number of hydrogen-bond acceptors (Lipinski definition) is 4. The molecule has 0 saturated heterocycles. The average Bonchev–Trinajstić information content (AvgIpc) is 3.17. The van der Waals surface area contributed by atoms with Crippen LogP contribution >= 0.6 is 11.3 Å². The minimum atomic E-state index is -0.463. The molecule has 0 saturated carbocycles. The second-order valence-electron chi connectivity index (χ2n) is 6.76. The van der Waals surface area contributed by atoms with E-state index in [-0.39, 0.29) is 18.1 Å². The van der Waals surface area contributed by atoms with E-state index in [0.717, 1.165) is 35.9 Å². The Labute approximate surface area is 174 Å². The van der Waals surface area contributed by atoms with Gasteiger partial charge in [0.1, 0.15) is 0 Å². The standard InChI is InChI=1S/C23H25FN2O2S/c1-2-3-4-5-6-7-13-28-20-10-8-9-17(23(20)24)14-22(27)26-18-11-12-19-21(15-18)29-16-25-19/h2-3,8-12,15-16H,4-7,13-14H2,1H3,(H,26,27). The van der Waals surface area contributed by atoms with Crippen LogP contribution in [0.25, 0.3) is 10.2 Å². The SMILES string of the molecule is CC=CCCCCCOc1cccc(CC(=O)Nc2ccc3ncsc3c2)c1F. The third-order valence-corrected chi connectivity index (χ3v) is 5.31. The van der Waals surface area contributed by atoms with Gasteiger partial charge in [0.05, 0.1) is 28.8 Å². The summed E-state index contributed by atoms with van der Waals surface area (Å²) in [4.78, 5) is 16.6. The zero-order valence-electron chi connectivity index (χ0n) is 16.5. The quantitative estimate of drug-likeness (QED) is 0.322. The number of unbranched alkanes of at least 4 members (excludes halogenated alkanes) is 3. The average molecular weight is 413 g/mol. The second kappa shape index (κ2) is 10.7. The highest BCUT2D eigenvalue weighted by molar-refractivity contribution is 7.16. The van der Waals surface area contributed by atoms with Gasteiger partial charge in [0.2, 0.25) is 5.91 Å². The number of carbonyl (C=O) groups excluding carboxylic acids is 1. The van der Waals surface area contributed by atoms with Crippen molar-refractivity contribution >= 4 is 33.1 Å². The van der Waals surface area contributed by atoms with Crippen molar-refractivity contribution in [1.82, 2.24) is 4.98 Å². The third kappa shape index (κ3) is 6.12. The van der Waals surface area contributed by atoms with Crippen LogP contribution in [0.1, 0.15) is 38.2 Å². The summed E-state index contributed by atoms with van der Waals surface area (Å²) in [5, 5.41) is 2.82. The molecule has 0 aliphatic rings. The van der Waals surface area contributed by atoms with Crippen molar-refractivity contribution in [2.45, 2.75) is 39.0 Å². The first-order valence-electron chi connectivity index (χ1n) is 9.82. The summed E-state index contributed by atoms with van der Waals surface area (Å²) in [5.74, 6) is -0.529. The zero-order chi connectivity index (χ0) is 20.5. The summed E-state index contributed by atoms with van der Waals surface area (Å²) < 4.78 is 21.3. The lowest BCUT2D eigenvalue weighted by Crippen LogP contribution is -2.15. The summed E-state index contributed by atoms with van der Waals surface area (Å²) in [6, 6.07) is 10.5. The minimum absolute atomic E-state index is 0.0485. The highest BCUT2D eigenvalue weighted by Crippen LogP contribution is 2.24. The molecule has 1 heterocycles. The normalized spacial score (nSPS) is 11.2. The van der Waals surface area contributed by atoms with E-state index in [0.29, 0.717) is 17.9 Å². The number of aromatic nitrogens is 1. The molecule has 1 N–H and O–H groups in total. The van der Waals surface area contributed by atoms with E-state index in [4.69, 9.17) is 4.74 Å². The number of nitrogens with one attached hydrogen (secondary N) is 1. The van der Waals surface area contributed by atoms with Crippen LogP contribution in [0.3, 0.4) is 0 Å². The van der Waals surface area contributed by atoms with Gasteiger partial charge in [-0.25, -0.2) is 9.37 Å². The van der Waals surface area contributed by atoms with Crippen LogP contribution in [0, 0.1) is 5.82 Å². The number of halogens is 1. The first-order valence-corrected chi connectivity index (χ1v) is 10.7. The molecule has 0 bridgehead atoms. The van der Waals surface area contributed by atoms with Crippen molar-refractivity contribution in [3.05, 3.63) is 65.4 Å². The fraction of sp³-hybridized carbons (Fsp3) is 0.304. The summed E-state index contributed by atoms with van der Waals surface area (Å²) >= 11 is 1.51. The number of thiazole rings is 1. The lowest BCUT2D eigenvalue weighted by molar-refractivity contribution is -0.115. The molecule has 0 aliphatic heterocycles. The predicted octanol–water partition coefficient (Wildman–Crippen LogP) is 6.13. The predicted molar refractivity (Wildman–Crippen MR) is 117 cm³/mol. The summed E-state index contributed by atoms with van der Waals surface area (Å²) in [7, 11) is 0. The van der Waals surface area contributed by atoms with Crippen molar-refractivity contribution < 1.29 is 13.9 Å². The van der Waals surface area contributed by atoms with Gasteiger partial charge in [-0.1, -0.05) is 24.3 Å². The zero-order valence-corrected chi connectivity index (χ0v) is 17.3. The lowest BCUT2D eigenvalue weighted by Gasteiger charge is -2.11. The number of benzene rings is 2. The second-order valence-corrected chi connectivity index (χ2v) is 7.64. The largest absolute Gasteiger partial charge is 0.491 e. The number of hydrogen-bond donors (Lipinski definition) is 1. The van der Waals surface area contributed by atoms with Crippen molar-refractivity contribution in [2.75, 3.05) is 11.9 Å². The molecule has 152 valence electrons. The molecule has 3 aromatic rings. The van der Waals surface area contributed by atoms with Crippen LogP contribution in [0.2, 0.25) is 0 Å². The van der Waals surface area contributed by atoms with Crippen LogP contribution in [0.15, 0.2) is 54.1 Å². The Morgan fingerprint density at radius 1 is 1.24 bits per heavy atom. The van der Waals surface area contributed by atoms with Crippen molar-refractivity contribution in [1.29, 1.82) is 0 Å².